The van der Waals surface area contributed by atoms with Crippen molar-refractivity contribution in [2.75, 3.05) is 19.7 Å². The largest absolute Gasteiger partial charge is 0.490 e. The minimum Gasteiger partial charge on any atom is -0.490 e. The highest BCUT2D eigenvalue weighted by atomic mass is 35.5. The van der Waals surface area contributed by atoms with E-state index in [1.54, 1.807) is 24.3 Å². The second-order valence-corrected chi connectivity index (χ2v) is 10.9. The first-order chi connectivity index (χ1) is 19.9. The van der Waals surface area contributed by atoms with Gasteiger partial charge in [-0.25, -0.2) is 14.2 Å². The van der Waals surface area contributed by atoms with E-state index in [-0.39, 0.29) is 30.2 Å². The van der Waals surface area contributed by atoms with Crippen LogP contribution in [0.1, 0.15) is 41.0 Å². The average Bonchev–Trinajstić information content (AvgIpc) is 3.27. The summed E-state index contributed by atoms with van der Waals surface area (Å²) in [4.78, 5) is 18.8. The molecule has 6 rings (SSSR count). The Hall–Kier alpha value is -3.66. The molecule has 1 aromatic heterocycles. The van der Waals surface area contributed by atoms with E-state index < -0.39 is 5.97 Å². The number of rotatable bonds is 10. The molecular formula is C31H31ClFN3O5. The number of carboxylic acid groups (broad SMARTS) is 1. The number of ether oxygens (including phenoxy) is 3. The fraction of sp³-hybridized carbons (Fsp3) is 0.355. The number of aromatic nitrogens is 2. The van der Waals surface area contributed by atoms with Gasteiger partial charge in [0.05, 0.1) is 40.8 Å². The van der Waals surface area contributed by atoms with Gasteiger partial charge in [0.25, 0.3) is 0 Å². The van der Waals surface area contributed by atoms with Gasteiger partial charge in [0.1, 0.15) is 35.9 Å². The van der Waals surface area contributed by atoms with Gasteiger partial charge >= 0.3 is 5.97 Å². The summed E-state index contributed by atoms with van der Waals surface area (Å²) < 4.78 is 33.3. The number of hydrogen-bond acceptors (Lipinski definition) is 6. The lowest BCUT2D eigenvalue weighted by molar-refractivity contribution is -0.0592. The summed E-state index contributed by atoms with van der Waals surface area (Å²) in [7, 11) is 0. The molecule has 4 aromatic rings. The lowest BCUT2D eigenvalue weighted by Gasteiger charge is -2.32. The topological polar surface area (TPSA) is 86.0 Å². The zero-order valence-electron chi connectivity index (χ0n) is 22.5. The summed E-state index contributed by atoms with van der Waals surface area (Å²) in [5, 5.41) is 9.82. The maximum absolute atomic E-state index is 13.3. The van der Waals surface area contributed by atoms with Crippen molar-refractivity contribution >= 4 is 28.6 Å². The Balaban J connectivity index is 1.06. The highest BCUT2D eigenvalue weighted by Gasteiger charge is 2.26. The Morgan fingerprint density at radius 1 is 1.07 bits per heavy atom. The maximum atomic E-state index is 13.3. The summed E-state index contributed by atoms with van der Waals surface area (Å²) in [6.07, 6.45) is 2.93. The smallest absolute Gasteiger partial charge is 0.335 e. The normalized spacial score (nSPS) is 17.9. The van der Waals surface area contributed by atoms with E-state index in [2.05, 4.69) is 9.47 Å². The third-order valence-corrected chi connectivity index (χ3v) is 8.02. The summed E-state index contributed by atoms with van der Waals surface area (Å²) in [5.74, 6) is 0.987. The monoisotopic (exact) mass is 579 g/mol. The van der Waals surface area contributed by atoms with Crippen LogP contribution in [0.25, 0.3) is 11.0 Å². The van der Waals surface area contributed by atoms with Gasteiger partial charge in [0.2, 0.25) is 0 Å². The molecule has 2 aliphatic rings. The van der Waals surface area contributed by atoms with Crippen LogP contribution in [-0.2, 0) is 24.4 Å². The molecule has 2 aliphatic heterocycles. The molecule has 0 aliphatic carbocycles. The maximum Gasteiger partial charge on any atom is 0.335 e. The zero-order valence-corrected chi connectivity index (χ0v) is 23.2. The van der Waals surface area contributed by atoms with Crippen molar-refractivity contribution in [3.05, 3.63) is 88.5 Å². The number of imidazole rings is 1. The average molecular weight is 580 g/mol. The Labute approximate surface area is 242 Å². The molecule has 10 heteroatoms. The molecular weight excluding hydrogens is 549 g/mol. The Bertz CT molecular complexity index is 1550. The van der Waals surface area contributed by atoms with Crippen LogP contribution in [0, 0.1) is 5.82 Å². The minimum absolute atomic E-state index is 0.0772. The molecule has 0 saturated carbocycles. The van der Waals surface area contributed by atoms with Crippen LogP contribution in [-0.4, -0.2) is 57.4 Å². The summed E-state index contributed by atoms with van der Waals surface area (Å²) in [6.45, 7) is 4.04. The SMILES string of the molecule is O=C(O)c1ccc2nc(CN3CCC(Oc4cccc(OCc5ccc(F)cc5Cl)c4)CC3)n(C[C@@H]3CCO3)c2c1. The second kappa shape index (κ2) is 12.1. The quantitative estimate of drug-likeness (QED) is 0.249. The molecule has 8 nitrogen and oxygen atoms in total. The van der Waals surface area contributed by atoms with Crippen molar-refractivity contribution in [3.8, 4) is 11.5 Å². The fourth-order valence-corrected chi connectivity index (χ4v) is 5.50. The molecule has 2 saturated heterocycles. The van der Waals surface area contributed by atoms with Gasteiger partial charge in [-0.2, -0.15) is 0 Å². The number of halogens is 2. The van der Waals surface area contributed by atoms with Crippen molar-refractivity contribution < 1.29 is 28.5 Å². The third-order valence-electron chi connectivity index (χ3n) is 7.67. The zero-order chi connectivity index (χ0) is 28.3. The van der Waals surface area contributed by atoms with Gasteiger partial charge in [-0.15, -0.1) is 0 Å². The first-order valence-electron chi connectivity index (χ1n) is 13.8. The number of nitrogens with zero attached hydrogens (tertiary/aromatic N) is 3. The third kappa shape index (κ3) is 6.48. The number of carboxylic acids is 1. The van der Waals surface area contributed by atoms with E-state index in [0.717, 1.165) is 61.6 Å². The van der Waals surface area contributed by atoms with E-state index in [4.69, 9.17) is 30.8 Å². The van der Waals surface area contributed by atoms with Crippen LogP contribution in [0.4, 0.5) is 4.39 Å². The Morgan fingerprint density at radius 3 is 2.61 bits per heavy atom. The van der Waals surface area contributed by atoms with Crippen molar-refractivity contribution in [1.29, 1.82) is 0 Å². The van der Waals surface area contributed by atoms with E-state index in [9.17, 15) is 14.3 Å². The fourth-order valence-electron chi connectivity index (χ4n) is 5.28. The van der Waals surface area contributed by atoms with Gasteiger partial charge < -0.3 is 23.9 Å². The van der Waals surface area contributed by atoms with Gasteiger partial charge in [0.15, 0.2) is 0 Å². The van der Waals surface area contributed by atoms with E-state index in [0.29, 0.717) is 29.4 Å². The Kier molecular flexibility index (Phi) is 8.09. The van der Waals surface area contributed by atoms with Gasteiger partial charge in [-0.1, -0.05) is 23.7 Å². The molecule has 3 heterocycles. The number of piperidine rings is 1. The van der Waals surface area contributed by atoms with Crippen molar-refractivity contribution in [3.63, 3.8) is 0 Å². The number of carbonyl (C=O) groups is 1. The molecule has 0 spiro atoms. The Morgan fingerprint density at radius 2 is 1.88 bits per heavy atom. The van der Waals surface area contributed by atoms with E-state index in [1.807, 2.05) is 24.3 Å². The molecule has 1 atom stereocenters. The van der Waals surface area contributed by atoms with Crippen LogP contribution < -0.4 is 9.47 Å². The van der Waals surface area contributed by atoms with Gasteiger partial charge in [0, 0.05) is 31.3 Å². The van der Waals surface area contributed by atoms with Crippen molar-refractivity contribution in [1.82, 2.24) is 14.5 Å². The summed E-state index contributed by atoms with van der Waals surface area (Å²) in [5.41, 5.74) is 2.60. The van der Waals surface area contributed by atoms with Crippen LogP contribution in [0.5, 0.6) is 11.5 Å². The van der Waals surface area contributed by atoms with Gasteiger partial charge in [-0.3, -0.25) is 4.90 Å². The predicted octanol–water partition coefficient (Wildman–Crippen LogP) is 5.94. The molecule has 41 heavy (non-hydrogen) atoms. The first-order valence-corrected chi connectivity index (χ1v) is 14.2. The van der Waals surface area contributed by atoms with E-state index >= 15 is 0 Å². The number of aromatic carboxylic acids is 1. The van der Waals surface area contributed by atoms with Gasteiger partial charge in [-0.05, 0) is 61.7 Å². The first kappa shape index (κ1) is 27.5. The molecule has 214 valence electrons. The van der Waals surface area contributed by atoms with Crippen LogP contribution in [0.2, 0.25) is 5.02 Å². The van der Waals surface area contributed by atoms with Crippen molar-refractivity contribution in [2.24, 2.45) is 0 Å². The van der Waals surface area contributed by atoms with E-state index in [1.165, 1.54) is 12.1 Å². The number of hydrogen-bond donors (Lipinski definition) is 1. The molecule has 3 aromatic carbocycles. The second-order valence-electron chi connectivity index (χ2n) is 10.5. The number of benzene rings is 3. The lowest BCUT2D eigenvalue weighted by Crippen LogP contribution is -2.39. The molecule has 0 amide bonds. The molecule has 2 fully saturated rings. The summed E-state index contributed by atoms with van der Waals surface area (Å²) in [6, 6.07) is 16.9. The van der Waals surface area contributed by atoms with Crippen LogP contribution >= 0.6 is 11.6 Å². The predicted molar refractivity (Wildman–Crippen MR) is 152 cm³/mol. The van der Waals surface area contributed by atoms with Crippen molar-refractivity contribution in [2.45, 2.75) is 51.2 Å². The highest BCUT2D eigenvalue weighted by Crippen LogP contribution is 2.27. The molecule has 0 bridgehead atoms. The number of likely N-dealkylation sites (tertiary alicyclic amines) is 1. The minimum atomic E-state index is -0.947. The van der Waals surface area contributed by atoms with Crippen LogP contribution in [0.3, 0.4) is 0 Å². The molecule has 1 N–H and O–H groups in total. The number of fused-ring (bicyclic) bond motifs is 1. The lowest BCUT2D eigenvalue weighted by atomic mass is 10.1. The van der Waals surface area contributed by atoms with Crippen LogP contribution in [0.15, 0.2) is 60.7 Å². The highest BCUT2D eigenvalue weighted by molar-refractivity contribution is 6.31. The standard InChI is InChI=1S/C31H31ClFN3O5/c32-27-15-22(33)6-4-21(27)19-40-24-2-1-3-25(16-24)41-23-8-11-35(12-9-23)18-30-34-28-7-5-20(31(37)38)14-29(28)36(30)17-26-10-13-39-26/h1-7,14-16,23,26H,8-13,17-19H2,(H,37,38)/t26-/m0/s1. The molecule has 0 radical (unpaired) electrons. The summed E-state index contributed by atoms with van der Waals surface area (Å²) >= 11 is 6.12. The molecule has 0 unspecified atom stereocenters.